The molecule has 0 aliphatic carbocycles. The van der Waals surface area contributed by atoms with Crippen LogP contribution >= 0.6 is 0 Å². The highest BCUT2D eigenvalue weighted by Gasteiger charge is 2.36. The minimum atomic E-state index is -0.0800. The van der Waals surface area contributed by atoms with Crippen LogP contribution in [0.3, 0.4) is 0 Å². The van der Waals surface area contributed by atoms with Crippen LogP contribution in [0.4, 0.5) is 0 Å². The first-order valence-corrected chi connectivity index (χ1v) is 9.93. The largest absolute Gasteiger partial charge is 0.497 e. The van der Waals surface area contributed by atoms with Crippen LogP contribution in [0.15, 0.2) is 24.3 Å². The van der Waals surface area contributed by atoms with Crippen LogP contribution in [0, 0.1) is 11.8 Å². The zero-order valence-corrected chi connectivity index (χ0v) is 16.6. The van der Waals surface area contributed by atoms with Crippen molar-refractivity contribution in [3.05, 3.63) is 29.8 Å². The van der Waals surface area contributed by atoms with Gasteiger partial charge < -0.3 is 19.9 Å². The smallest absolute Gasteiger partial charge is 0.253 e. The minimum absolute atomic E-state index is 0.0409. The highest BCUT2D eigenvalue weighted by atomic mass is 16.5. The number of fused-ring (bicyclic) bond motifs is 1. The van der Waals surface area contributed by atoms with Gasteiger partial charge in [-0.3, -0.25) is 14.4 Å². The number of carbonyl (C=O) groups is 3. The van der Waals surface area contributed by atoms with Crippen LogP contribution in [0.5, 0.6) is 5.75 Å². The Morgan fingerprint density at radius 2 is 1.86 bits per heavy atom. The average molecular weight is 387 g/mol. The number of rotatable bonds is 5. The summed E-state index contributed by atoms with van der Waals surface area (Å²) in [5.74, 6) is 1.52. The number of nitrogens with one attached hydrogen (secondary N) is 1. The molecule has 1 aromatic rings. The normalized spacial score (nSPS) is 22.3. The van der Waals surface area contributed by atoms with Crippen molar-refractivity contribution >= 4 is 17.7 Å². The number of nitrogens with zero attached hydrogens (tertiary/aromatic N) is 2. The molecule has 2 heterocycles. The standard InChI is InChI=1S/C21H29N3O4/c1-15(25)22-9-12-23-10-8-18-14-24(11-7-17(18)13-20(23)26)21(27)16-3-5-19(28-2)6-4-16/h3-6,17-18H,7-14H2,1-2H3,(H,22,25)/t17-,18+/m0/s1. The number of amides is 3. The van der Waals surface area contributed by atoms with E-state index in [9.17, 15) is 14.4 Å². The van der Waals surface area contributed by atoms with E-state index < -0.39 is 0 Å². The summed E-state index contributed by atoms with van der Waals surface area (Å²) in [5, 5.41) is 2.75. The van der Waals surface area contributed by atoms with Gasteiger partial charge in [0, 0.05) is 51.6 Å². The maximum absolute atomic E-state index is 12.9. The lowest BCUT2D eigenvalue weighted by molar-refractivity contribution is -0.132. The molecule has 3 rings (SSSR count). The molecule has 2 saturated heterocycles. The summed E-state index contributed by atoms with van der Waals surface area (Å²) in [6.45, 7) is 4.58. The van der Waals surface area contributed by atoms with E-state index in [2.05, 4.69) is 5.32 Å². The van der Waals surface area contributed by atoms with Crippen LogP contribution in [0.1, 0.15) is 36.5 Å². The summed E-state index contributed by atoms with van der Waals surface area (Å²) < 4.78 is 5.16. The summed E-state index contributed by atoms with van der Waals surface area (Å²) in [5.41, 5.74) is 0.667. The Kier molecular flexibility index (Phi) is 6.54. The lowest BCUT2D eigenvalue weighted by atomic mass is 9.82. The van der Waals surface area contributed by atoms with Gasteiger partial charge in [0.15, 0.2) is 0 Å². The molecule has 28 heavy (non-hydrogen) atoms. The topological polar surface area (TPSA) is 79.0 Å². The van der Waals surface area contributed by atoms with Gasteiger partial charge >= 0.3 is 0 Å². The molecular formula is C21H29N3O4. The number of ether oxygens (including phenoxy) is 1. The summed E-state index contributed by atoms with van der Waals surface area (Å²) >= 11 is 0. The van der Waals surface area contributed by atoms with Gasteiger partial charge in [-0.25, -0.2) is 0 Å². The average Bonchev–Trinajstić information content (AvgIpc) is 2.85. The van der Waals surface area contributed by atoms with Crippen LogP contribution in [-0.2, 0) is 9.59 Å². The van der Waals surface area contributed by atoms with Gasteiger partial charge in [-0.2, -0.15) is 0 Å². The van der Waals surface area contributed by atoms with Crippen molar-refractivity contribution in [3.63, 3.8) is 0 Å². The van der Waals surface area contributed by atoms with Gasteiger partial charge in [0.05, 0.1) is 7.11 Å². The maximum Gasteiger partial charge on any atom is 0.253 e. The predicted molar refractivity (Wildman–Crippen MR) is 105 cm³/mol. The molecule has 2 aliphatic rings. The van der Waals surface area contributed by atoms with Gasteiger partial charge in [0.1, 0.15) is 5.75 Å². The third-order valence-corrected chi connectivity index (χ3v) is 5.83. The molecule has 0 spiro atoms. The number of carbonyl (C=O) groups excluding carboxylic acids is 3. The molecule has 7 heteroatoms. The van der Waals surface area contributed by atoms with Crippen LogP contribution in [0.25, 0.3) is 0 Å². The summed E-state index contributed by atoms with van der Waals surface area (Å²) in [7, 11) is 1.61. The third kappa shape index (κ3) is 4.82. The maximum atomic E-state index is 12.9. The molecule has 1 N–H and O–H groups in total. The van der Waals surface area contributed by atoms with Crippen LogP contribution in [-0.4, -0.2) is 67.4 Å². The number of piperidine rings is 1. The molecule has 2 fully saturated rings. The molecule has 1 aromatic carbocycles. The van der Waals surface area contributed by atoms with Gasteiger partial charge in [0.25, 0.3) is 5.91 Å². The molecule has 152 valence electrons. The van der Waals surface area contributed by atoms with Crippen LogP contribution in [0.2, 0.25) is 0 Å². The molecule has 7 nitrogen and oxygen atoms in total. The molecule has 0 aromatic heterocycles. The molecular weight excluding hydrogens is 358 g/mol. The zero-order valence-electron chi connectivity index (χ0n) is 16.6. The second-order valence-corrected chi connectivity index (χ2v) is 7.65. The Balaban J connectivity index is 1.58. The fourth-order valence-corrected chi connectivity index (χ4v) is 4.18. The van der Waals surface area contributed by atoms with E-state index in [-0.39, 0.29) is 17.7 Å². The third-order valence-electron chi connectivity index (χ3n) is 5.83. The van der Waals surface area contributed by atoms with Crippen molar-refractivity contribution in [2.24, 2.45) is 11.8 Å². The van der Waals surface area contributed by atoms with E-state index in [4.69, 9.17) is 4.74 Å². The Labute approximate surface area is 166 Å². The van der Waals surface area contributed by atoms with Gasteiger partial charge in [-0.15, -0.1) is 0 Å². The van der Waals surface area contributed by atoms with Gasteiger partial charge in [-0.1, -0.05) is 0 Å². The molecule has 0 unspecified atom stereocenters. The van der Waals surface area contributed by atoms with E-state index in [1.165, 1.54) is 6.92 Å². The van der Waals surface area contributed by atoms with E-state index >= 15 is 0 Å². The molecule has 2 atom stereocenters. The first-order valence-electron chi connectivity index (χ1n) is 9.93. The van der Waals surface area contributed by atoms with Crippen molar-refractivity contribution < 1.29 is 19.1 Å². The van der Waals surface area contributed by atoms with Gasteiger partial charge in [0.2, 0.25) is 11.8 Å². The monoisotopic (exact) mass is 387 g/mol. The molecule has 0 radical (unpaired) electrons. The fourth-order valence-electron chi connectivity index (χ4n) is 4.18. The molecule has 0 saturated carbocycles. The number of likely N-dealkylation sites (tertiary alicyclic amines) is 2. The number of hydrogen-bond donors (Lipinski definition) is 1. The number of methoxy groups -OCH3 is 1. The van der Waals surface area contributed by atoms with E-state index in [1.54, 1.807) is 31.4 Å². The predicted octanol–water partition coefficient (Wildman–Crippen LogP) is 1.53. The highest BCUT2D eigenvalue weighted by molar-refractivity contribution is 5.94. The highest BCUT2D eigenvalue weighted by Crippen LogP contribution is 2.33. The minimum Gasteiger partial charge on any atom is -0.497 e. The fraction of sp³-hybridized carbons (Fsp3) is 0.571. The summed E-state index contributed by atoms with van der Waals surface area (Å²) in [6, 6.07) is 7.20. The first-order chi connectivity index (χ1) is 13.5. The lowest BCUT2D eigenvalue weighted by Gasteiger charge is -2.37. The Bertz CT molecular complexity index is 719. The quantitative estimate of drug-likeness (QED) is 0.831. The van der Waals surface area contributed by atoms with E-state index in [0.717, 1.165) is 18.6 Å². The second kappa shape index (κ2) is 9.08. The summed E-state index contributed by atoms with van der Waals surface area (Å²) in [6.07, 6.45) is 2.29. The van der Waals surface area contributed by atoms with Crippen molar-refractivity contribution in [2.45, 2.75) is 26.2 Å². The SMILES string of the molecule is COc1ccc(C(=O)N2CC[C@H]3CC(=O)N(CCNC(C)=O)CC[C@@H]3C2)cc1. The second-order valence-electron chi connectivity index (χ2n) is 7.65. The molecule has 3 amide bonds. The van der Waals surface area contributed by atoms with E-state index in [1.807, 2.05) is 9.80 Å². The lowest BCUT2D eigenvalue weighted by Crippen LogP contribution is -2.43. The number of hydrogen-bond acceptors (Lipinski definition) is 4. The van der Waals surface area contributed by atoms with Crippen LogP contribution < -0.4 is 10.1 Å². The van der Waals surface area contributed by atoms with Crippen molar-refractivity contribution in [1.29, 1.82) is 0 Å². The Hall–Kier alpha value is -2.57. The first kappa shape index (κ1) is 20.2. The van der Waals surface area contributed by atoms with Crippen molar-refractivity contribution in [3.8, 4) is 5.75 Å². The van der Waals surface area contributed by atoms with Crippen molar-refractivity contribution in [1.82, 2.24) is 15.1 Å². The van der Waals surface area contributed by atoms with Crippen molar-refractivity contribution in [2.75, 3.05) is 39.8 Å². The summed E-state index contributed by atoms with van der Waals surface area (Å²) in [4.78, 5) is 40.2. The zero-order chi connectivity index (χ0) is 20.1. The Morgan fingerprint density at radius 3 is 2.54 bits per heavy atom. The Morgan fingerprint density at radius 1 is 1.14 bits per heavy atom. The molecule has 0 bridgehead atoms. The number of benzene rings is 1. The molecule has 2 aliphatic heterocycles. The van der Waals surface area contributed by atoms with Gasteiger partial charge in [-0.05, 0) is 48.9 Å². The van der Waals surface area contributed by atoms with E-state index in [0.29, 0.717) is 56.5 Å².